The smallest absolute Gasteiger partial charge is 0.223 e. The number of benzene rings is 2. The highest BCUT2D eigenvalue weighted by Gasteiger charge is 2.24. The molecule has 0 unspecified atom stereocenters. The van der Waals surface area contributed by atoms with E-state index >= 15 is 0 Å². The van der Waals surface area contributed by atoms with Crippen molar-refractivity contribution in [2.24, 2.45) is 5.92 Å². The molecule has 0 aromatic heterocycles. The molecule has 0 spiro atoms. The van der Waals surface area contributed by atoms with Crippen LogP contribution in [0.25, 0.3) is 0 Å². The van der Waals surface area contributed by atoms with Gasteiger partial charge in [-0.15, -0.1) is 0 Å². The van der Waals surface area contributed by atoms with Gasteiger partial charge in [0.15, 0.2) is 9.84 Å². The van der Waals surface area contributed by atoms with Crippen molar-refractivity contribution in [3.63, 3.8) is 0 Å². The van der Waals surface area contributed by atoms with E-state index in [0.29, 0.717) is 17.4 Å². The van der Waals surface area contributed by atoms with E-state index in [1.807, 2.05) is 30.9 Å². The lowest BCUT2D eigenvalue weighted by Crippen LogP contribution is -2.39. The van der Waals surface area contributed by atoms with Crippen molar-refractivity contribution >= 4 is 15.7 Å². The molecule has 6 heteroatoms. The molecule has 1 saturated heterocycles. The lowest BCUT2D eigenvalue weighted by molar-refractivity contribution is -0.132. The van der Waals surface area contributed by atoms with Crippen LogP contribution in [0.15, 0.2) is 53.4 Å². The standard InChI is InChI=1S/C25H33NO4S/c1-3-30-23-10-8-21(9-11-23)6-7-22-14-17-26(18-15-22)25(27)16-19-31(28,29)24-12-4-20(2)5-13-24/h4-5,8-13,22H,3,6-7,14-19H2,1-2H3. The van der Waals surface area contributed by atoms with Gasteiger partial charge in [0, 0.05) is 19.5 Å². The number of aryl methyl sites for hydroxylation is 2. The fraction of sp³-hybridized carbons (Fsp3) is 0.480. The third-order valence-corrected chi connectivity index (χ3v) is 7.74. The minimum absolute atomic E-state index is 0.0487. The van der Waals surface area contributed by atoms with Gasteiger partial charge < -0.3 is 9.64 Å². The van der Waals surface area contributed by atoms with Gasteiger partial charge in [0.25, 0.3) is 0 Å². The van der Waals surface area contributed by atoms with E-state index in [9.17, 15) is 13.2 Å². The summed E-state index contributed by atoms with van der Waals surface area (Å²) < 4.78 is 30.4. The SMILES string of the molecule is CCOc1ccc(CCC2CCN(C(=O)CCS(=O)(=O)c3ccc(C)cc3)CC2)cc1. The van der Waals surface area contributed by atoms with Gasteiger partial charge in [-0.1, -0.05) is 29.8 Å². The zero-order chi connectivity index (χ0) is 22.3. The summed E-state index contributed by atoms with van der Waals surface area (Å²) in [5.74, 6) is 1.32. The molecular formula is C25H33NO4S. The summed E-state index contributed by atoms with van der Waals surface area (Å²) in [6.07, 6.45) is 4.14. The molecule has 2 aromatic carbocycles. The fourth-order valence-electron chi connectivity index (χ4n) is 4.00. The molecule has 31 heavy (non-hydrogen) atoms. The van der Waals surface area contributed by atoms with Crippen LogP contribution in [0.4, 0.5) is 0 Å². The highest BCUT2D eigenvalue weighted by molar-refractivity contribution is 7.91. The minimum Gasteiger partial charge on any atom is -0.494 e. The van der Waals surface area contributed by atoms with Crippen LogP contribution in [-0.4, -0.2) is 44.7 Å². The van der Waals surface area contributed by atoms with Crippen LogP contribution in [0.2, 0.25) is 0 Å². The van der Waals surface area contributed by atoms with Gasteiger partial charge in [0.05, 0.1) is 17.3 Å². The average molecular weight is 444 g/mol. The second kappa shape index (κ2) is 10.8. The van der Waals surface area contributed by atoms with Gasteiger partial charge >= 0.3 is 0 Å². The molecule has 3 rings (SSSR count). The van der Waals surface area contributed by atoms with E-state index in [-0.39, 0.29) is 18.1 Å². The van der Waals surface area contributed by atoms with Crippen LogP contribution in [0.5, 0.6) is 5.75 Å². The lowest BCUT2D eigenvalue weighted by Gasteiger charge is -2.32. The predicted octanol–water partition coefficient (Wildman–Crippen LogP) is 4.43. The molecule has 1 amide bonds. The monoisotopic (exact) mass is 443 g/mol. The largest absolute Gasteiger partial charge is 0.494 e. The van der Waals surface area contributed by atoms with E-state index in [0.717, 1.165) is 50.1 Å². The lowest BCUT2D eigenvalue weighted by atomic mass is 9.90. The summed E-state index contributed by atoms with van der Waals surface area (Å²) in [5, 5.41) is 0. The van der Waals surface area contributed by atoms with Crippen molar-refractivity contribution in [3.05, 3.63) is 59.7 Å². The Bertz CT molecular complexity index is 944. The number of carbonyl (C=O) groups is 1. The van der Waals surface area contributed by atoms with Gasteiger partial charge in [-0.3, -0.25) is 4.79 Å². The number of hydrogen-bond acceptors (Lipinski definition) is 4. The number of piperidine rings is 1. The summed E-state index contributed by atoms with van der Waals surface area (Å²) in [5.41, 5.74) is 2.32. The second-order valence-corrected chi connectivity index (χ2v) is 10.4. The van der Waals surface area contributed by atoms with Gasteiger partial charge in [-0.05, 0) is 75.3 Å². The molecule has 2 aromatic rings. The van der Waals surface area contributed by atoms with Crippen LogP contribution in [0.1, 0.15) is 43.7 Å². The van der Waals surface area contributed by atoms with Crippen molar-refractivity contribution < 1.29 is 17.9 Å². The summed E-state index contributed by atoms with van der Waals surface area (Å²) in [6, 6.07) is 15.1. The van der Waals surface area contributed by atoms with Gasteiger partial charge in [-0.2, -0.15) is 0 Å². The molecule has 0 N–H and O–H groups in total. The molecule has 168 valence electrons. The molecule has 0 aliphatic carbocycles. The Morgan fingerprint density at radius 3 is 2.29 bits per heavy atom. The molecule has 0 atom stereocenters. The predicted molar refractivity (Wildman–Crippen MR) is 123 cm³/mol. The molecular weight excluding hydrogens is 410 g/mol. The van der Waals surface area contributed by atoms with Gasteiger partial charge in [-0.25, -0.2) is 8.42 Å². The van der Waals surface area contributed by atoms with Gasteiger partial charge in [0.1, 0.15) is 5.75 Å². The van der Waals surface area contributed by atoms with E-state index < -0.39 is 9.84 Å². The number of sulfone groups is 1. The first-order valence-corrected chi connectivity index (χ1v) is 12.8. The maximum absolute atomic E-state index is 12.6. The van der Waals surface area contributed by atoms with Crippen molar-refractivity contribution in [2.45, 2.75) is 50.8 Å². The van der Waals surface area contributed by atoms with Crippen LogP contribution >= 0.6 is 0 Å². The third kappa shape index (κ3) is 6.82. The molecule has 0 saturated carbocycles. The maximum atomic E-state index is 12.6. The van der Waals surface area contributed by atoms with Crippen molar-refractivity contribution in [2.75, 3.05) is 25.4 Å². The number of likely N-dealkylation sites (tertiary alicyclic amines) is 1. The summed E-state index contributed by atoms with van der Waals surface area (Å²) in [7, 11) is -3.42. The number of rotatable bonds is 9. The highest BCUT2D eigenvalue weighted by Crippen LogP contribution is 2.24. The number of ether oxygens (including phenoxy) is 1. The van der Waals surface area contributed by atoms with Crippen molar-refractivity contribution in [1.29, 1.82) is 0 Å². The van der Waals surface area contributed by atoms with Crippen molar-refractivity contribution in [1.82, 2.24) is 4.90 Å². The summed E-state index contributed by atoms with van der Waals surface area (Å²) in [4.78, 5) is 14.7. The van der Waals surface area contributed by atoms with E-state index in [2.05, 4.69) is 12.1 Å². The Balaban J connectivity index is 1.40. The number of amides is 1. The molecule has 1 aliphatic rings. The topological polar surface area (TPSA) is 63.7 Å². The van der Waals surface area contributed by atoms with Crippen LogP contribution in [0, 0.1) is 12.8 Å². The Labute approximate surface area is 186 Å². The average Bonchev–Trinajstić information content (AvgIpc) is 2.78. The Hall–Kier alpha value is -2.34. The molecule has 0 bridgehead atoms. The third-order valence-electron chi connectivity index (χ3n) is 6.01. The van der Waals surface area contributed by atoms with E-state index in [1.54, 1.807) is 24.3 Å². The zero-order valence-corrected chi connectivity index (χ0v) is 19.4. The molecule has 1 aliphatic heterocycles. The minimum atomic E-state index is -3.42. The van der Waals surface area contributed by atoms with Crippen LogP contribution in [0.3, 0.4) is 0 Å². The van der Waals surface area contributed by atoms with Crippen LogP contribution < -0.4 is 4.74 Å². The first-order valence-electron chi connectivity index (χ1n) is 11.2. The quantitative estimate of drug-likeness (QED) is 0.575. The summed E-state index contributed by atoms with van der Waals surface area (Å²) in [6.45, 7) is 6.01. The second-order valence-electron chi connectivity index (χ2n) is 8.32. The highest BCUT2D eigenvalue weighted by atomic mass is 32.2. The Morgan fingerprint density at radius 1 is 1.03 bits per heavy atom. The zero-order valence-electron chi connectivity index (χ0n) is 18.5. The molecule has 1 fully saturated rings. The van der Waals surface area contributed by atoms with E-state index in [4.69, 9.17) is 4.74 Å². The number of carbonyl (C=O) groups excluding carboxylic acids is 1. The first kappa shape index (κ1) is 23.3. The van der Waals surface area contributed by atoms with E-state index in [1.165, 1.54) is 5.56 Å². The molecule has 5 nitrogen and oxygen atoms in total. The molecule has 0 radical (unpaired) electrons. The number of nitrogens with zero attached hydrogens (tertiary/aromatic N) is 1. The van der Waals surface area contributed by atoms with Crippen LogP contribution in [-0.2, 0) is 21.1 Å². The van der Waals surface area contributed by atoms with Crippen molar-refractivity contribution in [3.8, 4) is 5.75 Å². The maximum Gasteiger partial charge on any atom is 0.223 e. The fourth-order valence-corrected chi connectivity index (χ4v) is 5.23. The molecule has 1 heterocycles. The Morgan fingerprint density at radius 2 is 1.68 bits per heavy atom. The first-order chi connectivity index (χ1) is 14.9. The van der Waals surface area contributed by atoms with Gasteiger partial charge in [0.2, 0.25) is 5.91 Å². The Kier molecular flexibility index (Phi) is 8.13. The number of hydrogen-bond donors (Lipinski definition) is 0. The summed E-state index contributed by atoms with van der Waals surface area (Å²) >= 11 is 0. The normalized spacial score (nSPS) is 15.1.